The molecule has 5 nitrogen and oxygen atoms in total. The van der Waals surface area contributed by atoms with Crippen molar-refractivity contribution in [2.45, 2.75) is 17.9 Å². The van der Waals surface area contributed by atoms with Crippen LogP contribution in [-0.4, -0.2) is 34.1 Å². The van der Waals surface area contributed by atoms with E-state index in [0.717, 1.165) is 0 Å². The van der Waals surface area contributed by atoms with Gasteiger partial charge in [0, 0.05) is 28.8 Å². The molecular formula is C11H12BrCl2NO4S. The SMILES string of the molecule is COC(C)CNC(=O)c1cc(Br)cc(S(=O)(=O)Cl)c1Cl. The van der Waals surface area contributed by atoms with Crippen molar-refractivity contribution in [3.8, 4) is 0 Å². The maximum Gasteiger partial charge on any atom is 0.262 e. The molecule has 1 unspecified atom stereocenters. The average molecular weight is 405 g/mol. The minimum absolute atomic E-state index is 0.0172. The van der Waals surface area contributed by atoms with E-state index in [-0.39, 0.29) is 28.1 Å². The Kier molecular flexibility index (Phi) is 6.27. The molecule has 1 atom stereocenters. The molecule has 0 radical (unpaired) electrons. The van der Waals surface area contributed by atoms with Crippen LogP contribution in [0.4, 0.5) is 0 Å². The second-order valence-electron chi connectivity index (χ2n) is 3.96. The van der Waals surface area contributed by atoms with Gasteiger partial charge in [0.1, 0.15) is 4.90 Å². The van der Waals surface area contributed by atoms with E-state index in [1.807, 2.05) is 0 Å². The van der Waals surface area contributed by atoms with Crippen molar-refractivity contribution in [3.63, 3.8) is 0 Å². The Hall–Kier alpha value is -0.340. The van der Waals surface area contributed by atoms with Crippen molar-refractivity contribution in [3.05, 3.63) is 27.2 Å². The fraction of sp³-hybridized carbons (Fsp3) is 0.364. The summed E-state index contributed by atoms with van der Waals surface area (Å²) in [5, 5.41) is 2.37. The maximum absolute atomic E-state index is 12.0. The molecule has 112 valence electrons. The van der Waals surface area contributed by atoms with Crippen LogP contribution in [0.25, 0.3) is 0 Å². The topological polar surface area (TPSA) is 72.5 Å². The Bertz CT molecular complexity index is 621. The summed E-state index contributed by atoms with van der Waals surface area (Å²) in [6, 6.07) is 2.65. The molecule has 0 aliphatic heterocycles. The normalized spacial score (nSPS) is 13.1. The summed E-state index contributed by atoms with van der Waals surface area (Å²) in [5.74, 6) is -0.512. The minimum Gasteiger partial charge on any atom is -0.380 e. The lowest BCUT2D eigenvalue weighted by atomic mass is 10.2. The quantitative estimate of drug-likeness (QED) is 0.765. The second-order valence-corrected chi connectivity index (χ2v) is 7.79. The zero-order valence-electron chi connectivity index (χ0n) is 10.6. The van der Waals surface area contributed by atoms with Crippen molar-refractivity contribution in [2.24, 2.45) is 0 Å². The summed E-state index contributed by atoms with van der Waals surface area (Å²) >= 11 is 9.05. The first kappa shape index (κ1) is 17.7. The van der Waals surface area contributed by atoms with Crippen molar-refractivity contribution in [2.75, 3.05) is 13.7 Å². The fourth-order valence-electron chi connectivity index (χ4n) is 1.32. The number of carbonyl (C=O) groups excluding carboxylic acids is 1. The molecule has 0 spiro atoms. The summed E-state index contributed by atoms with van der Waals surface area (Å²) in [7, 11) is 2.75. The van der Waals surface area contributed by atoms with Crippen molar-refractivity contribution in [1.29, 1.82) is 0 Å². The highest BCUT2D eigenvalue weighted by molar-refractivity contribution is 9.10. The first-order chi connectivity index (χ1) is 9.16. The van der Waals surface area contributed by atoms with Crippen molar-refractivity contribution >= 4 is 53.2 Å². The first-order valence-electron chi connectivity index (χ1n) is 5.41. The van der Waals surface area contributed by atoms with Gasteiger partial charge in [0.2, 0.25) is 0 Å². The van der Waals surface area contributed by atoms with Gasteiger partial charge in [0.15, 0.2) is 0 Å². The van der Waals surface area contributed by atoms with Crippen LogP contribution in [0.2, 0.25) is 5.02 Å². The van der Waals surface area contributed by atoms with Crippen LogP contribution in [0.15, 0.2) is 21.5 Å². The maximum atomic E-state index is 12.0. The van der Waals surface area contributed by atoms with E-state index in [9.17, 15) is 13.2 Å². The second kappa shape index (κ2) is 7.09. The molecule has 0 bridgehead atoms. The number of carbonyl (C=O) groups is 1. The van der Waals surface area contributed by atoms with Gasteiger partial charge < -0.3 is 10.1 Å². The van der Waals surface area contributed by atoms with E-state index in [1.54, 1.807) is 6.92 Å². The van der Waals surface area contributed by atoms with E-state index in [1.165, 1.54) is 19.2 Å². The molecular weight excluding hydrogens is 393 g/mol. The molecule has 1 N–H and O–H groups in total. The first-order valence-corrected chi connectivity index (χ1v) is 8.89. The van der Waals surface area contributed by atoms with Crippen LogP contribution in [-0.2, 0) is 13.8 Å². The molecule has 9 heteroatoms. The number of ether oxygens (including phenoxy) is 1. The third-order valence-corrected chi connectivity index (χ3v) is 4.79. The Morgan fingerprint density at radius 1 is 1.50 bits per heavy atom. The number of methoxy groups -OCH3 is 1. The third kappa shape index (κ3) is 4.60. The van der Waals surface area contributed by atoms with Gasteiger partial charge in [0.25, 0.3) is 15.0 Å². The summed E-state index contributed by atoms with van der Waals surface area (Å²) in [6.07, 6.45) is -0.180. The van der Waals surface area contributed by atoms with E-state index < -0.39 is 15.0 Å². The molecule has 1 aromatic rings. The van der Waals surface area contributed by atoms with E-state index in [4.69, 9.17) is 27.0 Å². The van der Waals surface area contributed by atoms with Crippen LogP contribution >= 0.6 is 38.2 Å². The third-order valence-electron chi connectivity index (χ3n) is 2.46. The molecule has 20 heavy (non-hydrogen) atoms. The number of hydrogen-bond donors (Lipinski definition) is 1. The van der Waals surface area contributed by atoms with Crippen molar-refractivity contribution < 1.29 is 17.9 Å². The summed E-state index contributed by atoms with van der Waals surface area (Å²) in [6.45, 7) is 2.04. The zero-order valence-corrected chi connectivity index (χ0v) is 14.5. The molecule has 1 aromatic carbocycles. The van der Waals surface area contributed by atoms with Gasteiger partial charge in [-0.25, -0.2) is 8.42 Å². The van der Waals surface area contributed by atoms with Crippen LogP contribution in [0.5, 0.6) is 0 Å². The number of amides is 1. The van der Waals surface area contributed by atoms with Crippen molar-refractivity contribution in [1.82, 2.24) is 5.32 Å². The Balaban J connectivity index is 3.13. The standard InChI is InChI=1S/C11H12BrCl2NO4S/c1-6(19-2)5-15-11(16)8-3-7(12)4-9(10(8)13)20(14,17)18/h3-4,6H,5H2,1-2H3,(H,15,16). The predicted molar refractivity (Wildman–Crippen MR) is 81.0 cm³/mol. The molecule has 0 heterocycles. The van der Waals surface area contributed by atoms with Gasteiger partial charge in [-0.05, 0) is 19.1 Å². The van der Waals surface area contributed by atoms with Crippen LogP contribution < -0.4 is 5.32 Å². The molecule has 0 aromatic heterocycles. The highest BCUT2D eigenvalue weighted by Gasteiger charge is 2.22. The molecule has 0 aliphatic rings. The number of nitrogens with one attached hydrogen (secondary N) is 1. The highest BCUT2D eigenvalue weighted by Crippen LogP contribution is 2.31. The van der Waals surface area contributed by atoms with Crippen LogP contribution in [0, 0.1) is 0 Å². The molecule has 1 amide bonds. The van der Waals surface area contributed by atoms with Gasteiger partial charge in [-0.1, -0.05) is 27.5 Å². The monoisotopic (exact) mass is 403 g/mol. The van der Waals surface area contributed by atoms with E-state index >= 15 is 0 Å². The minimum atomic E-state index is -4.04. The Morgan fingerprint density at radius 2 is 2.10 bits per heavy atom. The van der Waals surface area contributed by atoms with Gasteiger partial charge in [-0.2, -0.15) is 0 Å². The van der Waals surface area contributed by atoms with Crippen LogP contribution in [0.1, 0.15) is 17.3 Å². The lowest BCUT2D eigenvalue weighted by molar-refractivity contribution is 0.0870. The number of halogens is 3. The molecule has 0 aliphatic carbocycles. The number of rotatable bonds is 5. The fourth-order valence-corrected chi connectivity index (χ4v) is 3.51. The summed E-state index contributed by atoms with van der Waals surface area (Å²) in [5.41, 5.74) is 0.0172. The molecule has 0 fully saturated rings. The Labute approximate surface area is 135 Å². The Morgan fingerprint density at radius 3 is 2.60 bits per heavy atom. The lowest BCUT2D eigenvalue weighted by Crippen LogP contribution is -2.31. The van der Waals surface area contributed by atoms with E-state index in [0.29, 0.717) is 4.47 Å². The van der Waals surface area contributed by atoms with Gasteiger partial charge in [-0.15, -0.1) is 0 Å². The number of hydrogen-bond acceptors (Lipinski definition) is 4. The largest absolute Gasteiger partial charge is 0.380 e. The average Bonchev–Trinajstić information content (AvgIpc) is 2.36. The number of benzene rings is 1. The zero-order chi connectivity index (χ0) is 15.5. The van der Waals surface area contributed by atoms with Gasteiger partial charge in [-0.3, -0.25) is 4.79 Å². The summed E-state index contributed by atoms with van der Waals surface area (Å²) in [4.78, 5) is 11.7. The van der Waals surface area contributed by atoms with Gasteiger partial charge >= 0.3 is 0 Å². The van der Waals surface area contributed by atoms with Crippen LogP contribution in [0.3, 0.4) is 0 Å². The van der Waals surface area contributed by atoms with Gasteiger partial charge in [0.05, 0.1) is 16.7 Å². The summed E-state index contributed by atoms with van der Waals surface area (Å²) < 4.78 is 28.2. The highest BCUT2D eigenvalue weighted by atomic mass is 79.9. The molecule has 0 saturated carbocycles. The van der Waals surface area contributed by atoms with E-state index in [2.05, 4.69) is 21.2 Å². The predicted octanol–water partition coefficient (Wildman–Crippen LogP) is 2.79. The molecule has 1 rings (SSSR count). The smallest absolute Gasteiger partial charge is 0.262 e. The molecule has 0 saturated heterocycles. The lowest BCUT2D eigenvalue weighted by Gasteiger charge is -2.12.